The quantitative estimate of drug-likeness (QED) is 0.919. The number of carboxylic acids is 1. The molecule has 20 heavy (non-hydrogen) atoms. The molecule has 108 valence electrons. The number of aryl methyl sites for hydroxylation is 1. The van der Waals surface area contributed by atoms with E-state index in [4.69, 9.17) is 5.11 Å². The molecule has 1 aromatic carbocycles. The predicted octanol–water partition coefficient (Wildman–Crippen LogP) is 2.85. The third-order valence-corrected chi connectivity index (χ3v) is 3.95. The molecule has 1 heterocycles. The largest absolute Gasteiger partial charge is 0.481 e. The van der Waals surface area contributed by atoms with E-state index in [9.17, 15) is 9.59 Å². The fourth-order valence-corrected chi connectivity index (χ4v) is 2.83. The van der Waals surface area contributed by atoms with E-state index in [0.717, 1.165) is 36.9 Å². The number of carbonyl (C=O) groups excluding carboxylic acids is 1. The van der Waals surface area contributed by atoms with Gasteiger partial charge in [0.05, 0.1) is 0 Å². The second-order valence-corrected chi connectivity index (χ2v) is 5.40. The van der Waals surface area contributed by atoms with Crippen LogP contribution in [0.4, 0.5) is 0 Å². The normalized spacial score (nSPS) is 18.9. The zero-order valence-corrected chi connectivity index (χ0v) is 11.8. The van der Waals surface area contributed by atoms with Gasteiger partial charge in [-0.1, -0.05) is 18.2 Å². The third-order valence-electron chi connectivity index (χ3n) is 3.95. The number of carbonyl (C=O) groups is 2. The maximum Gasteiger partial charge on any atom is 0.303 e. The molecule has 0 spiro atoms. The van der Waals surface area contributed by atoms with Crippen LogP contribution in [0.5, 0.6) is 0 Å². The molecule has 4 heteroatoms. The van der Waals surface area contributed by atoms with Gasteiger partial charge in [0.2, 0.25) is 0 Å². The second-order valence-electron chi connectivity index (χ2n) is 5.40. The van der Waals surface area contributed by atoms with E-state index in [1.165, 1.54) is 0 Å². The summed E-state index contributed by atoms with van der Waals surface area (Å²) in [7, 11) is 0. The minimum absolute atomic E-state index is 0.0400. The van der Waals surface area contributed by atoms with Gasteiger partial charge in [-0.25, -0.2) is 0 Å². The van der Waals surface area contributed by atoms with E-state index < -0.39 is 5.97 Å². The molecule has 1 aliphatic heterocycles. The summed E-state index contributed by atoms with van der Waals surface area (Å²) < 4.78 is 0. The Bertz CT molecular complexity index is 498. The Morgan fingerprint density at radius 3 is 2.75 bits per heavy atom. The molecule has 1 aliphatic rings. The van der Waals surface area contributed by atoms with E-state index in [1.54, 1.807) is 0 Å². The van der Waals surface area contributed by atoms with Gasteiger partial charge < -0.3 is 10.0 Å². The molecule has 1 atom stereocenters. The highest BCUT2D eigenvalue weighted by molar-refractivity contribution is 5.95. The van der Waals surface area contributed by atoms with Crippen LogP contribution < -0.4 is 0 Å². The number of nitrogens with zero attached hydrogens (tertiary/aromatic N) is 1. The average Bonchev–Trinajstić information content (AvgIpc) is 2.45. The number of hydrogen-bond acceptors (Lipinski definition) is 2. The SMILES string of the molecule is Cc1ccccc1C(=O)N1CCCCC1CCC(=O)O. The van der Waals surface area contributed by atoms with Gasteiger partial charge in [0.1, 0.15) is 0 Å². The Kier molecular flexibility index (Phi) is 4.77. The van der Waals surface area contributed by atoms with E-state index in [1.807, 2.05) is 36.1 Å². The number of aliphatic carboxylic acids is 1. The van der Waals surface area contributed by atoms with Crippen LogP contribution in [0.2, 0.25) is 0 Å². The van der Waals surface area contributed by atoms with E-state index in [-0.39, 0.29) is 18.4 Å². The van der Waals surface area contributed by atoms with Crippen molar-refractivity contribution < 1.29 is 14.7 Å². The first-order valence-corrected chi connectivity index (χ1v) is 7.18. The number of hydrogen-bond donors (Lipinski definition) is 1. The molecular weight excluding hydrogens is 254 g/mol. The predicted molar refractivity (Wildman–Crippen MR) is 76.7 cm³/mol. The molecule has 1 fully saturated rings. The van der Waals surface area contributed by atoms with Crippen LogP contribution in [0.15, 0.2) is 24.3 Å². The van der Waals surface area contributed by atoms with Crippen LogP contribution in [-0.4, -0.2) is 34.5 Å². The van der Waals surface area contributed by atoms with Gasteiger partial charge in [-0.05, 0) is 44.2 Å². The van der Waals surface area contributed by atoms with Crippen LogP contribution in [0.3, 0.4) is 0 Å². The Balaban J connectivity index is 2.13. The topological polar surface area (TPSA) is 57.6 Å². The minimum Gasteiger partial charge on any atom is -0.481 e. The third kappa shape index (κ3) is 3.38. The summed E-state index contributed by atoms with van der Waals surface area (Å²) in [6.45, 7) is 2.67. The maximum absolute atomic E-state index is 12.7. The van der Waals surface area contributed by atoms with Crippen molar-refractivity contribution in [1.82, 2.24) is 4.90 Å². The summed E-state index contributed by atoms with van der Waals surface area (Å²) >= 11 is 0. The molecule has 1 amide bonds. The van der Waals surface area contributed by atoms with Gasteiger partial charge in [0.15, 0.2) is 0 Å². The fourth-order valence-electron chi connectivity index (χ4n) is 2.83. The van der Waals surface area contributed by atoms with Crippen LogP contribution in [0.1, 0.15) is 48.0 Å². The second kappa shape index (κ2) is 6.55. The molecule has 1 saturated heterocycles. The van der Waals surface area contributed by atoms with Crippen molar-refractivity contribution in [3.63, 3.8) is 0 Å². The number of benzene rings is 1. The first-order chi connectivity index (χ1) is 9.59. The molecule has 4 nitrogen and oxygen atoms in total. The summed E-state index contributed by atoms with van der Waals surface area (Å²) in [4.78, 5) is 25.3. The Hall–Kier alpha value is -1.84. The molecule has 0 saturated carbocycles. The van der Waals surface area contributed by atoms with E-state index in [2.05, 4.69) is 0 Å². The lowest BCUT2D eigenvalue weighted by Gasteiger charge is -2.36. The average molecular weight is 275 g/mol. The zero-order chi connectivity index (χ0) is 14.5. The van der Waals surface area contributed by atoms with Crippen LogP contribution >= 0.6 is 0 Å². The highest BCUT2D eigenvalue weighted by Gasteiger charge is 2.28. The van der Waals surface area contributed by atoms with Crippen molar-refractivity contribution >= 4 is 11.9 Å². The van der Waals surface area contributed by atoms with E-state index >= 15 is 0 Å². The lowest BCUT2D eigenvalue weighted by atomic mass is 9.96. The summed E-state index contributed by atoms with van der Waals surface area (Å²) in [6, 6.07) is 7.64. The molecule has 0 bridgehead atoms. The van der Waals surface area contributed by atoms with Crippen LogP contribution in [0, 0.1) is 6.92 Å². The monoisotopic (exact) mass is 275 g/mol. The lowest BCUT2D eigenvalue weighted by Crippen LogP contribution is -2.44. The van der Waals surface area contributed by atoms with Crippen molar-refractivity contribution in [2.75, 3.05) is 6.54 Å². The van der Waals surface area contributed by atoms with Crippen molar-refractivity contribution in [2.45, 2.75) is 45.1 Å². The molecular formula is C16H21NO3. The standard InChI is InChI=1S/C16H21NO3/c1-12-6-2-3-8-14(12)16(20)17-11-5-4-7-13(17)9-10-15(18)19/h2-3,6,8,13H,4-5,7,9-11H2,1H3,(H,18,19). The smallest absolute Gasteiger partial charge is 0.303 e. The minimum atomic E-state index is -0.793. The Morgan fingerprint density at radius 2 is 2.05 bits per heavy atom. The molecule has 0 radical (unpaired) electrons. The first-order valence-electron chi connectivity index (χ1n) is 7.18. The molecule has 1 N–H and O–H groups in total. The van der Waals surface area contributed by atoms with Gasteiger partial charge in [-0.15, -0.1) is 0 Å². The van der Waals surface area contributed by atoms with Crippen molar-refractivity contribution in [3.8, 4) is 0 Å². The molecule has 0 aliphatic carbocycles. The number of likely N-dealkylation sites (tertiary alicyclic amines) is 1. The first kappa shape index (κ1) is 14.6. The molecule has 2 rings (SSSR count). The van der Waals surface area contributed by atoms with Crippen LogP contribution in [-0.2, 0) is 4.79 Å². The van der Waals surface area contributed by atoms with Gasteiger partial charge in [0, 0.05) is 24.6 Å². The number of amides is 1. The summed E-state index contributed by atoms with van der Waals surface area (Å²) in [5.74, 6) is -0.753. The number of piperidine rings is 1. The van der Waals surface area contributed by atoms with Gasteiger partial charge >= 0.3 is 5.97 Å². The van der Waals surface area contributed by atoms with Gasteiger partial charge in [-0.3, -0.25) is 9.59 Å². The Labute approximate surface area is 119 Å². The van der Waals surface area contributed by atoms with Crippen LogP contribution in [0.25, 0.3) is 0 Å². The van der Waals surface area contributed by atoms with Crippen molar-refractivity contribution in [2.24, 2.45) is 0 Å². The summed E-state index contributed by atoms with van der Waals surface area (Å²) in [5, 5.41) is 8.83. The summed E-state index contributed by atoms with van der Waals surface area (Å²) in [6.07, 6.45) is 3.66. The number of rotatable bonds is 4. The van der Waals surface area contributed by atoms with Gasteiger partial charge in [0.25, 0.3) is 5.91 Å². The highest BCUT2D eigenvalue weighted by Crippen LogP contribution is 2.24. The highest BCUT2D eigenvalue weighted by atomic mass is 16.4. The molecule has 0 aromatic heterocycles. The maximum atomic E-state index is 12.7. The zero-order valence-electron chi connectivity index (χ0n) is 11.8. The van der Waals surface area contributed by atoms with Crippen molar-refractivity contribution in [3.05, 3.63) is 35.4 Å². The summed E-state index contributed by atoms with van der Waals surface area (Å²) in [5.41, 5.74) is 1.70. The Morgan fingerprint density at radius 1 is 1.30 bits per heavy atom. The van der Waals surface area contributed by atoms with Gasteiger partial charge in [-0.2, -0.15) is 0 Å². The molecule has 1 aromatic rings. The molecule has 1 unspecified atom stereocenters. The number of carboxylic acid groups (broad SMARTS) is 1. The van der Waals surface area contributed by atoms with Crippen molar-refractivity contribution in [1.29, 1.82) is 0 Å². The fraction of sp³-hybridized carbons (Fsp3) is 0.500. The van der Waals surface area contributed by atoms with E-state index in [0.29, 0.717) is 6.42 Å². The lowest BCUT2D eigenvalue weighted by molar-refractivity contribution is -0.137.